The fourth-order valence-corrected chi connectivity index (χ4v) is 4.20. The fraction of sp³-hybridized carbons (Fsp3) is 1.00. The Hall–Kier alpha value is -0.0800. The van der Waals surface area contributed by atoms with Crippen molar-refractivity contribution in [3.05, 3.63) is 0 Å². The molecule has 0 aromatic carbocycles. The van der Waals surface area contributed by atoms with Crippen LogP contribution in [0.2, 0.25) is 0 Å². The smallest absolute Gasteiger partial charge is 0.0588 e. The van der Waals surface area contributed by atoms with Crippen LogP contribution in [-0.2, 0) is 0 Å². The SMILES string of the molecule is CCC1CCNC(C2C(C)CC(C)CC2O)C1. The van der Waals surface area contributed by atoms with Gasteiger partial charge in [-0.25, -0.2) is 0 Å². The minimum Gasteiger partial charge on any atom is -0.393 e. The van der Waals surface area contributed by atoms with Gasteiger partial charge in [-0.3, -0.25) is 0 Å². The van der Waals surface area contributed by atoms with E-state index in [4.69, 9.17) is 0 Å². The van der Waals surface area contributed by atoms with Crippen molar-refractivity contribution in [1.29, 1.82) is 0 Å². The molecule has 17 heavy (non-hydrogen) atoms. The molecule has 1 aliphatic carbocycles. The summed E-state index contributed by atoms with van der Waals surface area (Å²) in [4.78, 5) is 0. The Labute approximate surface area is 106 Å². The molecule has 2 fully saturated rings. The van der Waals surface area contributed by atoms with Crippen molar-refractivity contribution in [2.45, 2.75) is 65.0 Å². The van der Waals surface area contributed by atoms with E-state index in [1.807, 2.05) is 0 Å². The van der Waals surface area contributed by atoms with Gasteiger partial charge in [-0.15, -0.1) is 0 Å². The molecule has 2 heteroatoms. The molecule has 0 bridgehead atoms. The van der Waals surface area contributed by atoms with Crippen LogP contribution in [0.3, 0.4) is 0 Å². The molecule has 2 rings (SSSR count). The van der Waals surface area contributed by atoms with Gasteiger partial charge in [-0.05, 0) is 50.0 Å². The van der Waals surface area contributed by atoms with Gasteiger partial charge in [0.05, 0.1) is 6.10 Å². The molecule has 6 unspecified atom stereocenters. The second-order valence-corrected chi connectivity index (χ2v) is 6.56. The van der Waals surface area contributed by atoms with Gasteiger partial charge in [0.2, 0.25) is 0 Å². The molecule has 1 saturated heterocycles. The first-order chi connectivity index (χ1) is 8.11. The monoisotopic (exact) mass is 239 g/mol. The zero-order valence-corrected chi connectivity index (χ0v) is 11.7. The van der Waals surface area contributed by atoms with Crippen molar-refractivity contribution >= 4 is 0 Å². The van der Waals surface area contributed by atoms with E-state index in [1.165, 1.54) is 25.7 Å². The maximum absolute atomic E-state index is 10.4. The van der Waals surface area contributed by atoms with E-state index in [0.717, 1.165) is 18.9 Å². The van der Waals surface area contributed by atoms with Crippen LogP contribution in [0.4, 0.5) is 0 Å². The Morgan fingerprint density at radius 3 is 2.59 bits per heavy atom. The summed E-state index contributed by atoms with van der Waals surface area (Å²) in [6, 6.07) is 0.561. The molecule has 0 aromatic heterocycles. The second kappa shape index (κ2) is 5.71. The molecule has 2 nitrogen and oxygen atoms in total. The third-order valence-corrected chi connectivity index (χ3v) is 5.11. The van der Waals surface area contributed by atoms with Gasteiger partial charge in [0.15, 0.2) is 0 Å². The lowest BCUT2D eigenvalue weighted by Gasteiger charge is -2.44. The van der Waals surface area contributed by atoms with Crippen molar-refractivity contribution in [2.75, 3.05) is 6.54 Å². The maximum atomic E-state index is 10.4. The third-order valence-electron chi connectivity index (χ3n) is 5.11. The average molecular weight is 239 g/mol. The lowest BCUT2D eigenvalue weighted by atomic mass is 9.68. The highest BCUT2D eigenvalue weighted by molar-refractivity contribution is 4.93. The lowest BCUT2D eigenvalue weighted by Crippen LogP contribution is -2.51. The molecule has 100 valence electrons. The minimum absolute atomic E-state index is 0.0816. The third kappa shape index (κ3) is 3.03. The highest BCUT2D eigenvalue weighted by atomic mass is 16.3. The first kappa shape index (κ1) is 13.4. The summed E-state index contributed by atoms with van der Waals surface area (Å²) in [5, 5.41) is 14.0. The Morgan fingerprint density at radius 1 is 1.18 bits per heavy atom. The molecule has 1 saturated carbocycles. The normalized spacial score (nSPS) is 48.0. The molecule has 6 atom stereocenters. The summed E-state index contributed by atoms with van der Waals surface area (Å²) in [5.41, 5.74) is 0. The first-order valence-corrected chi connectivity index (χ1v) is 7.53. The van der Waals surface area contributed by atoms with E-state index in [0.29, 0.717) is 23.8 Å². The average Bonchev–Trinajstić information content (AvgIpc) is 2.28. The fourth-order valence-electron chi connectivity index (χ4n) is 4.20. The van der Waals surface area contributed by atoms with Gasteiger partial charge in [-0.2, -0.15) is 0 Å². The van der Waals surface area contributed by atoms with Gasteiger partial charge in [-0.1, -0.05) is 27.2 Å². The van der Waals surface area contributed by atoms with Gasteiger partial charge in [0.1, 0.15) is 0 Å². The van der Waals surface area contributed by atoms with Gasteiger partial charge >= 0.3 is 0 Å². The van der Waals surface area contributed by atoms with Gasteiger partial charge in [0, 0.05) is 12.0 Å². The van der Waals surface area contributed by atoms with Crippen molar-refractivity contribution in [1.82, 2.24) is 5.32 Å². The Bertz CT molecular complexity index is 231. The number of hydrogen-bond donors (Lipinski definition) is 2. The number of piperidine rings is 1. The highest BCUT2D eigenvalue weighted by Crippen LogP contribution is 2.38. The van der Waals surface area contributed by atoms with Crippen LogP contribution < -0.4 is 5.32 Å². The van der Waals surface area contributed by atoms with Gasteiger partial charge < -0.3 is 10.4 Å². The Morgan fingerprint density at radius 2 is 1.94 bits per heavy atom. The van der Waals surface area contributed by atoms with Crippen LogP contribution in [0.5, 0.6) is 0 Å². The lowest BCUT2D eigenvalue weighted by molar-refractivity contribution is -0.0125. The molecule has 0 amide bonds. The Balaban J connectivity index is 1.99. The van der Waals surface area contributed by atoms with Crippen LogP contribution in [0.1, 0.15) is 52.9 Å². The van der Waals surface area contributed by atoms with E-state index < -0.39 is 0 Å². The van der Waals surface area contributed by atoms with Crippen LogP contribution in [0.15, 0.2) is 0 Å². The number of aliphatic hydroxyl groups excluding tert-OH is 1. The van der Waals surface area contributed by atoms with Crippen LogP contribution in [0.25, 0.3) is 0 Å². The van der Waals surface area contributed by atoms with Crippen molar-refractivity contribution < 1.29 is 5.11 Å². The van der Waals surface area contributed by atoms with E-state index in [2.05, 4.69) is 26.1 Å². The predicted molar refractivity (Wildman–Crippen MR) is 71.9 cm³/mol. The minimum atomic E-state index is -0.0816. The topological polar surface area (TPSA) is 32.3 Å². The summed E-state index contributed by atoms with van der Waals surface area (Å²) in [7, 11) is 0. The zero-order chi connectivity index (χ0) is 12.4. The van der Waals surface area contributed by atoms with Crippen LogP contribution >= 0.6 is 0 Å². The summed E-state index contributed by atoms with van der Waals surface area (Å²) in [6.45, 7) is 8.06. The molecule has 1 aliphatic heterocycles. The molecule has 0 spiro atoms. The van der Waals surface area contributed by atoms with E-state index in [-0.39, 0.29) is 6.10 Å². The number of nitrogens with one attached hydrogen (secondary N) is 1. The van der Waals surface area contributed by atoms with Crippen molar-refractivity contribution in [2.24, 2.45) is 23.7 Å². The zero-order valence-electron chi connectivity index (χ0n) is 11.7. The standard InChI is InChI=1S/C15H29NO/c1-4-12-5-6-16-13(9-12)15-11(3)7-10(2)8-14(15)17/h10-17H,4-9H2,1-3H3. The largest absolute Gasteiger partial charge is 0.393 e. The van der Waals surface area contributed by atoms with Gasteiger partial charge in [0.25, 0.3) is 0 Å². The van der Waals surface area contributed by atoms with Crippen molar-refractivity contribution in [3.8, 4) is 0 Å². The van der Waals surface area contributed by atoms with E-state index in [9.17, 15) is 5.11 Å². The molecule has 0 aromatic rings. The second-order valence-electron chi connectivity index (χ2n) is 6.56. The Kier molecular flexibility index (Phi) is 4.48. The van der Waals surface area contributed by atoms with Crippen LogP contribution in [0, 0.1) is 23.7 Å². The predicted octanol–water partition coefficient (Wildman–Crippen LogP) is 2.81. The summed E-state index contributed by atoms with van der Waals surface area (Å²) in [6.07, 6.45) is 6.10. The summed E-state index contributed by atoms with van der Waals surface area (Å²) in [5.74, 6) is 2.73. The quantitative estimate of drug-likeness (QED) is 0.776. The summed E-state index contributed by atoms with van der Waals surface area (Å²) >= 11 is 0. The first-order valence-electron chi connectivity index (χ1n) is 7.53. The summed E-state index contributed by atoms with van der Waals surface area (Å²) < 4.78 is 0. The molecule has 2 aliphatic rings. The molecular weight excluding hydrogens is 210 g/mol. The number of hydrogen-bond acceptors (Lipinski definition) is 2. The van der Waals surface area contributed by atoms with E-state index in [1.54, 1.807) is 0 Å². The molecule has 0 radical (unpaired) electrons. The molecular formula is C15H29NO. The highest BCUT2D eigenvalue weighted by Gasteiger charge is 2.39. The molecule has 1 heterocycles. The number of aliphatic hydroxyl groups is 1. The van der Waals surface area contributed by atoms with Crippen LogP contribution in [-0.4, -0.2) is 23.8 Å². The van der Waals surface area contributed by atoms with Crippen molar-refractivity contribution in [3.63, 3.8) is 0 Å². The maximum Gasteiger partial charge on any atom is 0.0588 e. The van der Waals surface area contributed by atoms with E-state index >= 15 is 0 Å². The number of rotatable bonds is 2. The molecule has 2 N–H and O–H groups in total.